The minimum Gasteiger partial charge on any atom is -0.491 e. The molecular weight excluding hydrogens is 296 g/mol. The van der Waals surface area contributed by atoms with E-state index in [1.165, 1.54) is 12.3 Å². The zero-order chi connectivity index (χ0) is 16.9. The third-order valence-electron chi connectivity index (χ3n) is 2.65. The molecule has 124 valence electrons. The van der Waals surface area contributed by atoms with Crippen molar-refractivity contribution in [3.8, 4) is 5.75 Å². The van der Waals surface area contributed by atoms with E-state index in [1.807, 2.05) is 12.1 Å². The lowest BCUT2D eigenvalue weighted by Gasteiger charge is -2.13. The van der Waals surface area contributed by atoms with E-state index in [2.05, 4.69) is 23.8 Å². The first kappa shape index (κ1) is 18.3. The lowest BCUT2D eigenvalue weighted by Crippen LogP contribution is -2.23. The molecule has 1 amide bonds. The smallest absolute Gasteiger partial charge is 0.275 e. The number of rotatable bonds is 11. The molecule has 0 aliphatic rings. The number of para-hydroxylation sites is 2. The summed E-state index contributed by atoms with van der Waals surface area (Å²) in [5.74, 6) is 0.205. The number of nitrogens with one attached hydrogen (secondary N) is 2. The third kappa shape index (κ3) is 6.71. The summed E-state index contributed by atoms with van der Waals surface area (Å²) in [6.45, 7) is 7.84. The van der Waals surface area contributed by atoms with Gasteiger partial charge in [-0.2, -0.15) is 4.89 Å². The zero-order valence-corrected chi connectivity index (χ0v) is 13.2. The lowest BCUT2D eigenvalue weighted by atomic mass is 10.3. The molecule has 1 rings (SSSR count). The largest absolute Gasteiger partial charge is 0.491 e. The molecule has 0 saturated carbocycles. The highest BCUT2D eigenvalue weighted by atomic mass is 17.2. The van der Waals surface area contributed by atoms with Crippen LogP contribution >= 0.6 is 0 Å². The van der Waals surface area contributed by atoms with Crippen molar-refractivity contribution < 1.29 is 19.3 Å². The Morgan fingerprint density at radius 3 is 2.74 bits per heavy atom. The molecule has 0 unspecified atom stereocenters. The van der Waals surface area contributed by atoms with E-state index in [-0.39, 0.29) is 18.2 Å². The summed E-state index contributed by atoms with van der Waals surface area (Å²) >= 11 is 0. The molecule has 2 N–H and O–H groups in total. The molecule has 0 heterocycles. The molecule has 0 bridgehead atoms. The van der Waals surface area contributed by atoms with Crippen molar-refractivity contribution in [3.05, 3.63) is 61.5 Å². The average molecular weight is 318 g/mol. The van der Waals surface area contributed by atoms with Crippen molar-refractivity contribution in [1.82, 2.24) is 5.32 Å². The van der Waals surface area contributed by atoms with Gasteiger partial charge < -0.3 is 20.3 Å². The second-order valence-electron chi connectivity index (χ2n) is 4.33. The number of ether oxygens (including phenoxy) is 1. The molecule has 0 aliphatic carbocycles. The quantitative estimate of drug-likeness (QED) is 0.164. The van der Waals surface area contributed by atoms with Gasteiger partial charge in [0.05, 0.1) is 12.3 Å². The fraction of sp³-hybridized carbons (Fsp3) is 0.235. The van der Waals surface area contributed by atoms with Gasteiger partial charge in [0.2, 0.25) is 0 Å². The van der Waals surface area contributed by atoms with Gasteiger partial charge in [-0.25, -0.2) is 0 Å². The molecule has 0 fully saturated rings. The number of likely N-dealkylation sites (N-methyl/N-ethyl adjacent to an activating group) is 1. The minimum atomic E-state index is -0.380. The Morgan fingerprint density at radius 1 is 1.26 bits per heavy atom. The molecule has 0 aromatic heterocycles. The summed E-state index contributed by atoms with van der Waals surface area (Å²) < 4.78 is 5.61. The van der Waals surface area contributed by atoms with E-state index in [1.54, 1.807) is 25.3 Å². The van der Waals surface area contributed by atoms with Crippen LogP contribution < -0.4 is 15.4 Å². The summed E-state index contributed by atoms with van der Waals surface area (Å²) in [6, 6.07) is 7.18. The lowest BCUT2D eigenvalue weighted by molar-refractivity contribution is -0.239. The van der Waals surface area contributed by atoms with E-state index < -0.39 is 0 Å². The van der Waals surface area contributed by atoms with Crippen LogP contribution in [0.2, 0.25) is 0 Å². The van der Waals surface area contributed by atoms with Crippen LogP contribution in [0.1, 0.15) is 6.42 Å². The Bertz CT molecular complexity index is 555. The van der Waals surface area contributed by atoms with Gasteiger partial charge in [-0.15, -0.1) is 13.2 Å². The SMILES string of the molecule is C=CCCOc1ccccc1NC(=O)/C(=C/OOCC=C)NC. The van der Waals surface area contributed by atoms with Crippen molar-refractivity contribution in [2.24, 2.45) is 0 Å². The highest BCUT2D eigenvalue weighted by Crippen LogP contribution is 2.24. The Hall–Kier alpha value is -2.73. The van der Waals surface area contributed by atoms with Crippen LogP contribution in [0.4, 0.5) is 5.69 Å². The number of hydrogen-bond acceptors (Lipinski definition) is 5. The van der Waals surface area contributed by atoms with E-state index in [4.69, 9.17) is 14.5 Å². The predicted octanol–water partition coefficient (Wildman–Crippen LogP) is 2.78. The molecule has 1 aromatic rings. The van der Waals surface area contributed by atoms with Crippen LogP contribution in [0.3, 0.4) is 0 Å². The molecule has 23 heavy (non-hydrogen) atoms. The molecule has 0 atom stereocenters. The van der Waals surface area contributed by atoms with E-state index >= 15 is 0 Å². The van der Waals surface area contributed by atoms with Crippen molar-refractivity contribution in [2.45, 2.75) is 6.42 Å². The molecule has 1 aromatic carbocycles. The van der Waals surface area contributed by atoms with Crippen LogP contribution in [-0.4, -0.2) is 26.2 Å². The Labute approximate surface area is 136 Å². The zero-order valence-electron chi connectivity index (χ0n) is 13.2. The summed E-state index contributed by atoms with van der Waals surface area (Å²) in [6.07, 6.45) is 5.20. The van der Waals surface area contributed by atoms with E-state index in [0.717, 1.165) is 6.42 Å². The maximum Gasteiger partial charge on any atom is 0.275 e. The molecule has 0 aliphatic heterocycles. The second kappa shape index (κ2) is 10.9. The number of carbonyl (C=O) groups is 1. The number of amides is 1. The van der Waals surface area contributed by atoms with Crippen molar-refractivity contribution in [1.29, 1.82) is 0 Å². The van der Waals surface area contributed by atoms with E-state index in [9.17, 15) is 4.79 Å². The first-order chi connectivity index (χ1) is 11.2. The van der Waals surface area contributed by atoms with E-state index in [0.29, 0.717) is 18.0 Å². The van der Waals surface area contributed by atoms with Gasteiger partial charge in [-0.3, -0.25) is 4.79 Å². The highest BCUT2D eigenvalue weighted by Gasteiger charge is 2.12. The molecule has 0 radical (unpaired) electrons. The third-order valence-corrected chi connectivity index (χ3v) is 2.65. The van der Waals surface area contributed by atoms with Crippen LogP contribution in [0.25, 0.3) is 0 Å². The maximum absolute atomic E-state index is 12.2. The van der Waals surface area contributed by atoms with Crippen LogP contribution in [0.5, 0.6) is 5.75 Å². The van der Waals surface area contributed by atoms with Crippen LogP contribution in [0, 0.1) is 0 Å². The highest BCUT2D eigenvalue weighted by molar-refractivity contribution is 6.03. The van der Waals surface area contributed by atoms with Gasteiger partial charge in [0.25, 0.3) is 5.91 Å². The Balaban J connectivity index is 2.70. The molecule has 6 nitrogen and oxygen atoms in total. The number of hydrogen-bond donors (Lipinski definition) is 2. The first-order valence-electron chi connectivity index (χ1n) is 7.14. The predicted molar refractivity (Wildman–Crippen MR) is 89.8 cm³/mol. The normalized spacial score (nSPS) is 10.6. The summed E-state index contributed by atoms with van der Waals surface area (Å²) in [5.41, 5.74) is 0.768. The van der Waals surface area contributed by atoms with Gasteiger partial charge in [0, 0.05) is 7.05 Å². The fourth-order valence-corrected chi connectivity index (χ4v) is 1.53. The maximum atomic E-state index is 12.2. The monoisotopic (exact) mass is 318 g/mol. The molecule has 0 saturated heterocycles. The number of anilines is 1. The van der Waals surface area contributed by atoms with Crippen molar-refractivity contribution in [2.75, 3.05) is 25.6 Å². The van der Waals surface area contributed by atoms with Gasteiger partial charge in [0.15, 0.2) is 6.26 Å². The Kier molecular flexibility index (Phi) is 8.70. The van der Waals surface area contributed by atoms with Gasteiger partial charge in [-0.05, 0) is 18.6 Å². The Morgan fingerprint density at radius 2 is 2.04 bits per heavy atom. The molecule has 0 spiro atoms. The fourth-order valence-electron chi connectivity index (χ4n) is 1.53. The van der Waals surface area contributed by atoms with Crippen LogP contribution in [-0.2, 0) is 14.6 Å². The summed E-state index contributed by atoms with van der Waals surface area (Å²) in [7, 11) is 1.61. The van der Waals surface area contributed by atoms with Crippen molar-refractivity contribution >= 4 is 11.6 Å². The summed E-state index contributed by atoms with van der Waals surface area (Å²) in [5, 5.41) is 5.49. The van der Waals surface area contributed by atoms with Gasteiger partial charge >= 0.3 is 0 Å². The first-order valence-corrected chi connectivity index (χ1v) is 7.14. The van der Waals surface area contributed by atoms with Crippen molar-refractivity contribution in [3.63, 3.8) is 0 Å². The van der Waals surface area contributed by atoms with Gasteiger partial charge in [-0.1, -0.05) is 24.3 Å². The second-order valence-corrected chi connectivity index (χ2v) is 4.33. The van der Waals surface area contributed by atoms with Crippen LogP contribution in [0.15, 0.2) is 61.5 Å². The van der Waals surface area contributed by atoms with Gasteiger partial charge in [0.1, 0.15) is 18.1 Å². The molecular formula is C17H22N2O4. The average Bonchev–Trinajstić information content (AvgIpc) is 2.56. The molecule has 6 heteroatoms. The standard InChI is InChI=1S/C17H22N2O4/c1-4-6-12-21-16-10-8-7-9-14(16)19-17(20)15(18-3)13-23-22-11-5-2/h4-5,7-10,13,18H,1-2,6,11-12H2,3H3,(H,19,20)/b15-13-. The number of carbonyl (C=O) groups excluding carboxylic acids is 1. The summed E-state index contributed by atoms with van der Waals surface area (Å²) in [4.78, 5) is 21.8. The topological polar surface area (TPSA) is 68.8 Å². The number of benzene rings is 1. The minimum absolute atomic E-state index is 0.204.